The first-order chi connectivity index (χ1) is 6.26. The monoisotopic (exact) mass is 179 g/mol. The van der Waals surface area contributed by atoms with Gasteiger partial charge in [0.1, 0.15) is 0 Å². The van der Waals surface area contributed by atoms with E-state index in [9.17, 15) is 0 Å². The molecule has 0 saturated carbocycles. The average molecular weight is 179 g/mol. The van der Waals surface area contributed by atoms with Gasteiger partial charge < -0.3 is 4.74 Å². The molecule has 0 aliphatic heterocycles. The smallest absolute Gasteiger partial charge is 0.213 e. The maximum absolute atomic E-state index is 5.66. The third-order valence-corrected chi connectivity index (χ3v) is 2.08. The zero-order chi connectivity index (χ0) is 9.68. The molecule has 0 fully saturated rings. The van der Waals surface area contributed by atoms with Gasteiger partial charge in [-0.2, -0.15) is 0 Å². The lowest BCUT2D eigenvalue weighted by molar-refractivity contribution is 0.185. The van der Waals surface area contributed by atoms with Gasteiger partial charge in [0.15, 0.2) is 0 Å². The topological polar surface area (TPSA) is 22.1 Å². The van der Waals surface area contributed by atoms with Gasteiger partial charge in [-0.05, 0) is 25.3 Å². The van der Waals surface area contributed by atoms with Crippen LogP contribution < -0.4 is 4.74 Å². The van der Waals surface area contributed by atoms with Gasteiger partial charge in [0.25, 0.3) is 0 Å². The van der Waals surface area contributed by atoms with Gasteiger partial charge >= 0.3 is 0 Å². The van der Waals surface area contributed by atoms with E-state index in [0.29, 0.717) is 6.10 Å². The summed E-state index contributed by atoms with van der Waals surface area (Å²) in [5.41, 5.74) is 1.16. The molecule has 2 heteroatoms. The van der Waals surface area contributed by atoms with Gasteiger partial charge in [-0.1, -0.05) is 19.9 Å². The molecular weight excluding hydrogens is 162 g/mol. The molecule has 1 aromatic heterocycles. The van der Waals surface area contributed by atoms with Crippen LogP contribution in [0.25, 0.3) is 0 Å². The second-order valence-electron chi connectivity index (χ2n) is 3.23. The Morgan fingerprint density at radius 3 is 2.46 bits per heavy atom. The zero-order valence-corrected chi connectivity index (χ0v) is 8.58. The predicted octanol–water partition coefficient (Wildman–Crippen LogP) is 2.96. The number of ether oxygens (including phenoxy) is 1. The quantitative estimate of drug-likeness (QED) is 0.709. The largest absolute Gasteiger partial charge is 0.474 e. The minimum absolute atomic E-state index is 0.301. The highest BCUT2D eigenvalue weighted by atomic mass is 16.5. The SMILES string of the molecule is CCC(CC)Oc1ccc(C)cn1. The van der Waals surface area contributed by atoms with E-state index in [4.69, 9.17) is 4.74 Å². The van der Waals surface area contributed by atoms with E-state index in [1.54, 1.807) is 0 Å². The van der Waals surface area contributed by atoms with Crippen LogP contribution in [0.1, 0.15) is 32.3 Å². The molecule has 0 spiro atoms. The molecule has 0 aromatic carbocycles. The summed E-state index contributed by atoms with van der Waals surface area (Å²) in [5.74, 6) is 0.735. The van der Waals surface area contributed by atoms with Crippen molar-refractivity contribution in [2.24, 2.45) is 0 Å². The third-order valence-electron chi connectivity index (χ3n) is 2.08. The number of aryl methyl sites for hydroxylation is 1. The van der Waals surface area contributed by atoms with Gasteiger partial charge in [0.05, 0.1) is 6.10 Å². The van der Waals surface area contributed by atoms with Crippen molar-refractivity contribution in [3.8, 4) is 5.88 Å². The van der Waals surface area contributed by atoms with E-state index in [1.165, 1.54) is 0 Å². The standard InChI is InChI=1S/C11H17NO/c1-4-10(5-2)13-11-7-6-9(3)8-12-11/h6-8,10H,4-5H2,1-3H3. The van der Waals surface area contributed by atoms with Crippen molar-refractivity contribution >= 4 is 0 Å². The third kappa shape index (κ3) is 3.05. The lowest BCUT2D eigenvalue weighted by Gasteiger charge is -2.14. The summed E-state index contributed by atoms with van der Waals surface area (Å²) < 4.78 is 5.66. The Morgan fingerprint density at radius 1 is 1.31 bits per heavy atom. The van der Waals surface area contributed by atoms with Crippen LogP contribution in [0.4, 0.5) is 0 Å². The molecular formula is C11H17NO. The van der Waals surface area contributed by atoms with E-state index < -0.39 is 0 Å². The number of aromatic nitrogens is 1. The fourth-order valence-electron chi connectivity index (χ4n) is 1.15. The highest BCUT2D eigenvalue weighted by Crippen LogP contribution is 2.11. The molecule has 1 rings (SSSR count). The molecule has 2 nitrogen and oxygen atoms in total. The zero-order valence-electron chi connectivity index (χ0n) is 8.58. The van der Waals surface area contributed by atoms with Crippen molar-refractivity contribution in [1.29, 1.82) is 0 Å². The Labute approximate surface area is 80.0 Å². The van der Waals surface area contributed by atoms with Gasteiger partial charge in [-0.25, -0.2) is 4.98 Å². The van der Waals surface area contributed by atoms with Crippen molar-refractivity contribution in [1.82, 2.24) is 4.98 Å². The Kier molecular flexibility index (Phi) is 3.74. The molecule has 13 heavy (non-hydrogen) atoms. The van der Waals surface area contributed by atoms with Crippen LogP contribution in [0, 0.1) is 6.92 Å². The molecule has 0 N–H and O–H groups in total. The first kappa shape index (κ1) is 10.0. The van der Waals surface area contributed by atoms with Crippen molar-refractivity contribution in [2.75, 3.05) is 0 Å². The van der Waals surface area contributed by atoms with Crippen LogP contribution in [0.15, 0.2) is 18.3 Å². The normalized spacial score (nSPS) is 10.5. The molecule has 0 aliphatic rings. The number of pyridine rings is 1. The molecule has 0 amide bonds. The molecule has 0 aliphatic carbocycles. The Morgan fingerprint density at radius 2 is 2.00 bits per heavy atom. The second-order valence-corrected chi connectivity index (χ2v) is 3.23. The van der Waals surface area contributed by atoms with Crippen LogP contribution in [0.3, 0.4) is 0 Å². The van der Waals surface area contributed by atoms with Crippen molar-refractivity contribution in [3.05, 3.63) is 23.9 Å². The fourth-order valence-corrected chi connectivity index (χ4v) is 1.15. The van der Waals surface area contributed by atoms with Crippen LogP contribution in [-0.4, -0.2) is 11.1 Å². The van der Waals surface area contributed by atoms with Crippen LogP contribution in [0.5, 0.6) is 5.88 Å². The van der Waals surface area contributed by atoms with E-state index in [1.807, 2.05) is 25.3 Å². The van der Waals surface area contributed by atoms with Crippen molar-refractivity contribution in [3.63, 3.8) is 0 Å². The van der Waals surface area contributed by atoms with E-state index in [0.717, 1.165) is 24.3 Å². The number of rotatable bonds is 4. The number of hydrogen-bond donors (Lipinski definition) is 0. The lowest BCUT2D eigenvalue weighted by Crippen LogP contribution is -2.14. The summed E-state index contributed by atoms with van der Waals surface area (Å²) in [4.78, 5) is 4.19. The van der Waals surface area contributed by atoms with Crippen molar-refractivity contribution < 1.29 is 4.74 Å². The minimum Gasteiger partial charge on any atom is -0.474 e. The van der Waals surface area contributed by atoms with Crippen LogP contribution in [0.2, 0.25) is 0 Å². The van der Waals surface area contributed by atoms with Gasteiger partial charge in [-0.15, -0.1) is 0 Å². The van der Waals surface area contributed by atoms with Gasteiger partial charge in [0, 0.05) is 12.3 Å². The van der Waals surface area contributed by atoms with E-state index in [2.05, 4.69) is 18.8 Å². The molecule has 0 atom stereocenters. The highest BCUT2D eigenvalue weighted by molar-refractivity contribution is 5.16. The Bertz CT molecular complexity index is 239. The maximum atomic E-state index is 5.66. The summed E-state index contributed by atoms with van der Waals surface area (Å²) in [5, 5.41) is 0. The minimum atomic E-state index is 0.301. The maximum Gasteiger partial charge on any atom is 0.213 e. The molecule has 0 radical (unpaired) electrons. The van der Waals surface area contributed by atoms with Gasteiger partial charge in [-0.3, -0.25) is 0 Å². The Balaban J connectivity index is 2.58. The molecule has 1 aromatic rings. The second kappa shape index (κ2) is 4.85. The van der Waals surface area contributed by atoms with Crippen LogP contribution >= 0.6 is 0 Å². The molecule has 0 unspecified atom stereocenters. The molecule has 1 heterocycles. The number of nitrogens with zero attached hydrogens (tertiary/aromatic N) is 1. The average Bonchev–Trinajstić information content (AvgIpc) is 2.17. The molecule has 0 saturated heterocycles. The fraction of sp³-hybridized carbons (Fsp3) is 0.545. The lowest BCUT2D eigenvalue weighted by atomic mass is 10.2. The summed E-state index contributed by atoms with van der Waals surface area (Å²) in [7, 11) is 0. The first-order valence-corrected chi connectivity index (χ1v) is 4.85. The highest BCUT2D eigenvalue weighted by Gasteiger charge is 2.04. The first-order valence-electron chi connectivity index (χ1n) is 4.85. The summed E-state index contributed by atoms with van der Waals surface area (Å²) in [6.45, 7) is 6.28. The molecule has 0 bridgehead atoms. The predicted molar refractivity (Wildman–Crippen MR) is 54.0 cm³/mol. The summed E-state index contributed by atoms with van der Waals surface area (Å²) >= 11 is 0. The van der Waals surface area contributed by atoms with E-state index in [-0.39, 0.29) is 0 Å². The summed E-state index contributed by atoms with van der Waals surface area (Å²) in [6, 6.07) is 3.94. The van der Waals surface area contributed by atoms with Crippen molar-refractivity contribution in [2.45, 2.75) is 39.7 Å². The van der Waals surface area contributed by atoms with E-state index >= 15 is 0 Å². The van der Waals surface area contributed by atoms with Crippen LogP contribution in [-0.2, 0) is 0 Å². The number of hydrogen-bond acceptors (Lipinski definition) is 2. The summed E-state index contributed by atoms with van der Waals surface area (Å²) in [6.07, 6.45) is 4.20. The Hall–Kier alpha value is -1.05. The molecule has 72 valence electrons. The van der Waals surface area contributed by atoms with Gasteiger partial charge in [0.2, 0.25) is 5.88 Å².